The molecular formula is C13H10ClF. The van der Waals surface area contributed by atoms with E-state index in [0.29, 0.717) is 0 Å². The summed E-state index contributed by atoms with van der Waals surface area (Å²) >= 11 is 6.02. The Kier molecular flexibility index (Phi) is 2.74. The van der Waals surface area contributed by atoms with E-state index < -0.39 is 0 Å². The van der Waals surface area contributed by atoms with Crippen molar-refractivity contribution in [3.63, 3.8) is 0 Å². The van der Waals surface area contributed by atoms with Crippen molar-refractivity contribution in [1.82, 2.24) is 0 Å². The molecule has 0 aliphatic carbocycles. The van der Waals surface area contributed by atoms with E-state index in [0.717, 1.165) is 21.7 Å². The van der Waals surface area contributed by atoms with Crippen LogP contribution in [0.4, 0.5) is 4.39 Å². The number of hydrogen-bond acceptors (Lipinski definition) is 0. The lowest BCUT2D eigenvalue weighted by molar-refractivity contribution is 0.628. The lowest BCUT2D eigenvalue weighted by atomic mass is 10.0. The number of benzene rings is 2. The molecule has 0 unspecified atom stereocenters. The van der Waals surface area contributed by atoms with E-state index in [2.05, 4.69) is 0 Å². The fourth-order valence-corrected chi connectivity index (χ4v) is 1.72. The van der Waals surface area contributed by atoms with Gasteiger partial charge in [0.05, 0.1) is 0 Å². The average molecular weight is 221 g/mol. The quantitative estimate of drug-likeness (QED) is 0.666. The van der Waals surface area contributed by atoms with Gasteiger partial charge >= 0.3 is 0 Å². The summed E-state index contributed by atoms with van der Waals surface area (Å²) < 4.78 is 12.8. The van der Waals surface area contributed by atoms with Crippen molar-refractivity contribution in [3.8, 4) is 11.1 Å². The van der Waals surface area contributed by atoms with E-state index in [4.69, 9.17) is 11.6 Å². The van der Waals surface area contributed by atoms with E-state index in [-0.39, 0.29) is 5.82 Å². The third kappa shape index (κ3) is 2.02. The molecule has 2 aromatic rings. The molecule has 0 saturated heterocycles. The van der Waals surface area contributed by atoms with Gasteiger partial charge in [0.2, 0.25) is 0 Å². The first kappa shape index (κ1) is 10.2. The van der Waals surface area contributed by atoms with Crippen LogP contribution in [-0.2, 0) is 0 Å². The van der Waals surface area contributed by atoms with Crippen molar-refractivity contribution in [3.05, 3.63) is 58.9 Å². The summed E-state index contributed by atoms with van der Waals surface area (Å²) in [5.41, 5.74) is 3.05. The van der Waals surface area contributed by atoms with Gasteiger partial charge in [-0.25, -0.2) is 4.39 Å². The Morgan fingerprint density at radius 1 is 1.00 bits per heavy atom. The molecule has 15 heavy (non-hydrogen) atoms. The fourth-order valence-electron chi connectivity index (χ4n) is 1.55. The molecule has 0 nitrogen and oxygen atoms in total. The molecular weight excluding hydrogens is 211 g/mol. The zero-order valence-electron chi connectivity index (χ0n) is 8.30. The molecule has 0 aliphatic heterocycles. The highest BCUT2D eigenvalue weighted by atomic mass is 35.5. The molecule has 0 atom stereocenters. The maximum absolute atomic E-state index is 12.8. The molecule has 0 N–H and O–H groups in total. The van der Waals surface area contributed by atoms with Gasteiger partial charge in [0, 0.05) is 5.02 Å². The molecule has 2 aromatic carbocycles. The average Bonchev–Trinajstić information content (AvgIpc) is 2.24. The van der Waals surface area contributed by atoms with Gasteiger partial charge in [0.25, 0.3) is 0 Å². The molecule has 0 amide bonds. The smallest absolute Gasteiger partial charge is 0.123 e. The van der Waals surface area contributed by atoms with Gasteiger partial charge in [0.1, 0.15) is 5.82 Å². The van der Waals surface area contributed by atoms with Crippen LogP contribution in [0.15, 0.2) is 42.5 Å². The summed E-state index contributed by atoms with van der Waals surface area (Å²) in [7, 11) is 0. The number of rotatable bonds is 1. The maximum Gasteiger partial charge on any atom is 0.123 e. The Balaban J connectivity index is 2.54. The summed E-state index contributed by atoms with van der Waals surface area (Å²) in [5.74, 6) is -0.224. The van der Waals surface area contributed by atoms with Gasteiger partial charge in [-0.05, 0) is 41.8 Å². The number of halogens is 2. The number of hydrogen-bond donors (Lipinski definition) is 0. The Morgan fingerprint density at radius 3 is 2.33 bits per heavy atom. The fraction of sp³-hybridized carbons (Fsp3) is 0.0769. The normalized spacial score (nSPS) is 10.3. The third-order valence-electron chi connectivity index (χ3n) is 2.42. The van der Waals surface area contributed by atoms with E-state index in [1.54, 1.807) is 12.1 Å². The van der Waals surface area contributed by atoms with Crippen LogP contribution in [-0.4, -0.2) is 0 Å². The third-order valence-corrected chi connectivity index (χ3v) is 2.83. The summed E-state index contributed by atoms with van der Waals surface area (Å²) in [6.07, 6.45) is 0. The Bertz CT molecular complexity index is 474. The van der Waals surface area contributed by atoms with Crippen molar-refractivity contribution >= 4 is 11.6 Å². The van der Waals surface area contributed by atoms with E-state index in [1.807, 2.05) is 25.1 Å². The van der Waals surface area contributed by atoms with Gasteiger partial charge < -0.3 is 0 Å². The van der Waals surface area contributed by atoms with Crippen LogP contribution in [0.5, 0.6) is 0 Å². The zero-order chi connectivity index (χ0) is 10.8. The van der Waals surface area contributed by atoms with E-state index in [1.165, 1.54) is 12.1 Å². The molecule has 2 heteroatoms. The molecule has 0 radical (unpaired) electrons. The lowest BCUT2D eigenvalue weighted by Crippen LogP contribution is -1.84. The van der Waals surface area contributed by atoms with Crippen molar-refractivity contribution in [2.24, 2.45) is 0 Å². The molecule has 0 saturated carbocycles. The Hall–Kier alpha value is -1.34. The second-order valence-electron chi connectivity index (χ2n) is 3.42. The monoisotopic (exact) mass is 220 g/mol. The predicted molar refractivity (Wildman–Crippen MR) is 61.6 cm³/mol. The van der Waals surface area contributed by atoms with Crippen LogP contribution in [0.25, 0.3) is 11.1 Å². The van der Waals surface area contributed by atoms with Gasteiger partial charge in [-0.1, -0.05) is 35.9 Å². The second-order valence-corrected chi connectivity index (χ2v) is 3.83. The van der Waals surface area contributed by atoms with Crippen molar-refractivity contribution < 1.29 is 4.39 Å². The molecule has 0 spiro atoms. The highest BCUT2D eigenvalue weighted by Crippen LogP contribution is 2.28. The largest absolute Gasteiger partial charge is 0.207 e. The summed E-state index contributed by atoms with van der Waals surface area (Å²) in [4.78, 5) is 0. The maximum atomic E-state index is 12.8. The summed E-state index contributed by atoms with van der Waals surface area (Å²) in [5, 5.41) is 0.733. The molecule has 0 fully saturated rings. The van der Waals surface area contributed by atoms with Crippen molar-refractivity contribution in [2.75, 3.05) is 0 Å². The van der Waals surface area contributed by atoms with Crippen molar-refractivity contribution in [1.29, 1.82) is 0 Å². The predicted octanol–water partition coefficient (Wildman–Crippen LogP) is 4.45. The minimum absolute atomic E-state index is 0.224. The molecule has 0 aromatic heterocycles. The first-order chi connectivity index (χ1) is 7.18. The molecule has 0 bridgehead atoms. The minimum Gasteiger partial charge on any atom is -0.207 e. The first-order valence-corrected chi connectivity index (χ1v) is 5.07. The van der Waals surface area contributed by atoms with Crippen LogP contribution in [0.2, 0.25) is 5.02 Å². The van der Waals surface area contributed by atoms with Gasteiger partial charge in [-0.3, -0.25) is 0 Å². The highest BCUT2D eigenvalue weighted by molar-refractivity contribution is 6.31. The zero-order valence-corrected chi connectivity index (χ0v) is 9.05. The van der Waals surface area contributed by atoms with Gasteiger partial charge in [-0.2, -0.15) is 0 Å². The summed E-state index contributed by atoms with van der Waals surface area (Å²) in [6, 6.07) is 12.2. The molecule has 76 valence electrons. The first-order valence-electron chi connectivity index (χ1n) is 4.69. The van der Waals surface area contributed by atoms with Crippen LogP contribution in [0.3, 0.4) is 0 Å². The van der Waals surface area contributed by atoms with Gasteiger partial charge in [0.15, 0.2) is 0 Å². The van der Waals surface area contributed by atoms with Crippen LogP contribution < -0.4 is 0 Å². The van der Waals surface area contributed by atoms with Crippen molar-refractivity contribution in [2.45, 2.75) is 6.92 Å². The van der Waals surface area contributed by atoms with Crippen LogP contribution >= 0.6 is 11.6 Å². The van der Waals surface area contributed by atoms with E-state index >= 15 is 0 Å². The standard InChI is InChI=1S/C13H10ClF/c1-9-12(3-2-4-13(9)14)10-5-7-11(15)8-6-10/h2-8H,1H3. The Morgan fingerprint density at radius 2 is 1.67 bits per heavy atom. The van der Waals surface area contributed by atoms with E-state index in [9.17, 15) is 4.39 Å². The Labute approximate surface area is 93.3 Å². The van der Waals surface area contributed by atoms with Crippen LogP contribution in [0, 0.1) is 12.7 Å². The second kappa shape index (κ2) is 4.03. The lowest BCUT2D eigenvalue weighted by Gasteiger charge is -2.07. The summed E-state index contributed by atoms with van der Waals surface area (Å²) in [6.45, 7) is 1.96. The topological polar surface area (TPSA) is 0 Å². The van der Waals surface area contributed by atoms with Gasteiger partial charge in [-0.15, -0.1) is 0 Å². The molecule has 2 rings (SSSR count). The molecule has 0 aliphatic rings. The van der Waals surface area contributed by atoms with Crippen LogP contribution in [0.1, 0.15) is 5.56 Å². The highest BCUT2D eigenvalue weighted by Gasteiger charge is 2.04. The SMILES string of the molecule is Cc1c(Cl)cccc1-c1ccc(F)cc1. The molecule has 0 heterocycles. The minimum atomic E-state index is -0.224.